The number of hydrogen-bond acceptors (Lipinski definition) is 20. The summed E-state index contributed by atoms with van der Waals surface area (Å²) in [7, 11) is 0. The van der Waals surface area contributed by atoms with Crippen LogP contribution in [0.25, 0.3) is 6.08 Å². The number of carbonyl (C=O) groups is 1. The zero-order chi connectivity index (χ0) is 40.1. The first-order chi connectivity index (χ1) is 26.1. The van der Waals surface area contributed by atoms with E-state index in [1.807, 2.05) is 0 Å². The molecule has 20 heteroatoms. The summed E-state index contributed by atoms with van der Waals surface area (Å²) in [6, 6.07) is 7.85. The normalized spacial score (nSPS) is 36.9. The summed E-state index contributed by atoms with van der Waals surface area (Å²) < 4.78 is 39.4. The number of ether oxygens (including phenoxy) is 7. The summed E-state index contributed by atoms with van der Waals surface area (Å²) in [5, 5.41) is 123. The molecule has 2 aromatic carbocycles. The molecular weight excluding hydrogens is 740 g/mol. The number of aromatic hydroxyl groups is 4. The van der Waals surface area contributed by atoms with Gasteiger partial charge in [0.15, 0.2) is 48.0 Å². The maximum absolute atomic E-state index is 12.9. The first-order valence-electron chi connectivity index (χ1n) is 17.2. The van der Waals surface area contributed by atoms with Crippen molar-refractivity contribution in [2.75, 3.05) is 19.8 Å². The molecule has 2 aromatic rings. The maximum Gasteiger partial charge on any atom is 0.331 e. The summed E-state index contributed by atoms with van der Waals surface area (Å²) >= 11 is 0. The first-order valence-corrected chi connectivity index (χ1v) is 17.2. The number of carbonyl (C=O) groups excluding carboxylic acids is 1. The minimum Gasteiger partial charge on any atom is -0.504 e. The minimum absolute atomic E-state index is 0.122. The van der Waals surface area contributed by atoms with Gasteiger partial charge in [-0.15, -0.1) is 0 Å². The van der Waals surface area contributed by atoms with E-state index in [-0.39, 0.29) is 30.3 Å². The Bertz CT molecular complexity index is 1610. The summed E-state index contributed by atoms with van der Waals surface area (Å²) in [6.45, 7) is -0.0485. The van der Waals surface area contributed by atoms with E-state index in [1.54, 1.807) is 0 Å². The Kier molecular flexibility index (Phi) is 14.3. The van der Waals surface area contributed by atoms with Crippen LogP contribution in [0.1, 0.15) is 18.1 Å². The van der Waals surface area contributed by atoms with E-state index in [2.05, 4.69) is 0 Å². The predicted molar refractivity (Wildman–Crippen MR) is 180 cm³/mol. The number of rotatable bonds is 13. The van der Waals surface area contributed by atoms with Gasteiger partial charge in [-0.1, -0.05) is 12.1 Å². The minimum atomic E-state index is -1.84. The summed E-state index contributed by atoms with van der Waals surface area (Å²) in [5.41, 5.74) is 0.847. The molecule has 3 heterocycles. The molecule has 5 rings (SSSR count). The molecule has 0 radical (unpaired) electrons. The van der Waals surface area contributed by atoms with Crippen molar-refractivity contribution in [1.29, 1.82) is 0 Å². The molecule has 306 valence electrons. The van der Waals surface area contributed by atoms with Gasteiger partial charge in [0.05, 0.1) is 25.9 Å². The van der Waals surface area contributed by atoms with Gasteiger partial charge in [-0.25, -0.2) is 4.79 Å². The lowest BCUT2D eigenvalue weighted by molar-refractivity contribution is -0.360. The van der Waals surface area contributed by atoms with Gasteiger partial charge in [-0.05, 0) is 54.8 Å². The zero-order valence-corrected chi connectivity index (χ0v) is 29.2. The second-order valence-electron chi connectivity index (χ2n) is 13.3. The highest BCUT2D eigenvalue weighted by Crippen LogP contribution is 2.32. The molecule has 3 saturated heterocycles. The Balaban J connectivity index is 1.26. The fraction of sp³-hybridized carbons (Fsp3) is 0.571. The van der Waals surface area contributed by atoms with Gasteiger partial charge >= 0.3 is 5.97 Å². The van der Waals surface area contributed by atoms with Crippen LogP contribution < -0.4 is 0 Å². The number of aliphatic hydroxyl groups is 8. The van der Waals surface area contributed by atoms with E-state index >= 15 is 0 Å². The second kappa shape index (κ2) is 18.5. The number of aliphatic hydroxyl groups excluding tert-OH is 8. The fourth-order valence-corrected chi connectivity index (χ4v) is 6.18. The van der Waals surface area contributed by atoms with Crippen LogP contribution >= 0.6 is 0 Å². The van der Waals surface area contributed by atoms with Crippen molar-refractivity contribution in [3.8, 4) is 23.0 Å². The maximum atomic E-state index is 12.9. The van der Waals surface area contributed by atoms with E-state index in [0.717, 1.165) is 6.08 Å². The lowest BCUT2D eigenvalue weighted by Crippen LogP contribution is -2.64. The van der Waals surface area contributed by atoms with Crippen molar-refractivity contribution in [1.82, 2.24) is 0 Å². The fourth-order valence-electron chi connectivity index (χ4n) is 6.18. The third-order valence-electron chi connectivity index (χ3n) is 9.36. The van der Waals surface area contributed by atoms with Crippen molar-refractivity contribution >= 4 is 12.0 Å². The molecule has 0 spiro atoms. The van der Waals surface area contributed by atoms with E-state index < -0.39 is 117 Å². The average Bonchev–Trinajstić information content (AvgIpc) is 3.16. The highest BCUT2D eigenvalue weighted by molar-refractivity contribution is 5.87. The van der Waals surface area contributed by atoms with E-state index in [1.165, 1.54) is 49.4 Å². The number of benzene rings is 2. The molecule has 0 aliphatic carbocycles. The Morgan fingerprint density at radius 2 is 1.27 bits per heavy atom. The molecule has 15 atom stereocenters. The van der Waals surface area contributed by atoms with Gasteiger partial charge < -0.3 is 94.4 Å². The smallest absolute Gasteiger partial charge is 0.331 e. The van der Waals surface area contributed by atoms with Crippen LogP contribution in [0.2, 0.25) is 0 Å². The lowest BCUT2D eigenvalue weighted by atomic mass is 9.97. The molecule has 0 bridgehead atoms. The Morgan fingerprint density at radius 1 is 0.673 bits per heavy atom. The van der Waals surface area contributed by atoms with Crippen molar-refractivity contribution < 1.29 is 99.2 Å². The van der Waals surface area contributed by atoms with E-state index in [4.69, 9.17) is 33.2 Å². The first kappa shape index (κ1) is 42.4. The van der Waals surface area contributed by atoms with Crippen LogP contribution in [0.3, 0.4) is 0 Å². The molecule has 20 nitrogen and oxygen atoms in total. The van der Waals surface area contributed by atoms with E-state index in [0.29, 0.717) is 11.1 Å². The molecular formula is C35H46O20. The Morgan fingerprint density at radius 3 is 1.93 bits per heavy atom. The van der Waals surface area contributed by atoms with Gasteiger partial charge in [-0.2, -0.15) is 0 Å². The van der Waals surface area contributed by atoms with Gasteiger partial charge in [-0.3, -0.25) is 0 Å². The van der Waals surface area contributed by atoms with Crippen LogP contribution in [-0.4, -0.2) is 179 Å². The SMILES string of the molecule is C[C@@H]1O[C@@H](OC[C@H]2O[C@@H](OCCc3ccc(O)c(O)c3)[C@H](O)[C@@H](O)[C@@H]2OC(=O)/C=C/c2ccc(O)c(O)c2)[C@H](O)[C@H](O)[C@H]1O[C@@H]1O[C@H](CO)[C@@H](O)[C@H](O)[C@H]1O. The number of phenolic OH excluding ortho intramolecular Hbond substituents is 4. The molecule has 0 saturated carbocycles. The molecule has 12 N–H and O–H groups in total. The summed E-state index contributed by atoms with van der Waals surface area (Å²) in [4.78, 5) is 12.9. The highest BCUT2D eigenvalue weighted by Gasteiger charge is 2.51. The number of hydrogen-bond donors (Lipinski definition) is 12. The van der Waals surface area contributed by atoms with Crippen molar-refractivity contribution in [2.45, 2.75) is 105 Å². The molecule has 3 fully saturated rings. The second-order valence-corrected chi connectivity index (χ2v) is 13.3. The van der Waals surface area contributed by atoms with Crippen molar-refractivity contribution in [2.24, 2.45) is 0 Å². The van der Waals surface area contributed by atoms with Gasteiger partial charge in [0.2, 0.25) is 0 Å². The van der Waals surface area contributed by atoms with Gasteiger partial charge in [0.25, 0.3) is 0 Å². The van der Waals surface area contributed by atoms with Crippen LogP contribution in [0.15, 0.2) is 42.5 Å². The number of phenols is 4. The monoisotopic (exact) mass is 786 g/mol. The zero-order valence-electron chi connectivity index (χ0n) is 29.2. The predicted octanol–water partition coefficient (Wildman–Crippen LogP) is -3.19. The molecule has 0 unspecified atom stereocenters. The van der Waals surface area contributed by atoms with Crippen LogP contribution in [0, 0.1) is 0 Å². The topological polar surface area (TPSA) is 324 Å². The molecule has 3 aliphatic heterocycles. The standard InChI is InChI=1S/C35H46O20/c1-14-31(55-35-28(46)25(43)24(42)21(12-36)52-35)26(44)29(47)34(51-14)50-13-22-32(54-23(41)7-4-15-2-5-17(37)19(39)10-15)27(45)30(48)33(53-22)49-9-8-16-3-6-18(38)20(40)11-16/h2-7,10-11,14,21-22,24-40,42-48H,8-9,12-13H2,1H3/b7-4+/t14-,21+,22+,24+,25-,26-,27+,28+,29+,30+,31-,32+,33+,34+,35-/m0/s1. The molecule has 55 heavy (non-hydrogen) atoms. The van der Waals surface area contributed by atoms with Crippen LogP contribution in [0.5, 0.6) is 23.0 Å². The van der Waals surface area contributed by atoms with Crippen LogP contribution in [0.4, 0.5) is 0 Å². The third kappa shape index (κ3) is 10.0. The average molecular weight is 787 g/mol. The largest absolute Gasteiger partial charge is 0.504 e. The quantitative estimate of drug-likeness (QED) is 0.0541. The Hall–Kier alpha value is -3.71. The molecule has 0 amide bonds. The van der Waals surface area contributed by atoms with E-state index in [9.17, 15) is 66.1 Å². The van der Waals surface area contributed by atoms with Gasteiger partial charge in [0, 0.05) is 6.08 Å². The highest BCUT2D eigenvalue weighted by atomic mass is 16.8. The molecule has 0 aromatic heterocycles. The summed E-state index contributed by atoms with van der Waals surface area (Å²) in [6.07, 6.45) is -21.8. The van der Waals surface area contributed by atoms with Crippen molar-refractivity contribution in [3.63, 3.8) is 0 Å². The van der Waals surface area contributed by atoms with Crippen molar-refractivity contribution in [3.05, 3.63) is 53.6 Å². The lowest BCUT2D eigenvalue weighted by Gasteiger charge is -2.46. The summed E-state index contributed by atoms with van der Waals surface area (Å²) in [5.74, 6) is -2.56. The molecule has 3 aliphatic rings. The van der Waals surface area contributed by atoms with Gasteiger partial charge in [0.1, 0.15) is 61.0 Å². The van der Waals surface area contributed by atoms with Crippen LogP contribution in [-0.2, 0) is 44.4 Å². The number of esters is 1. The Labute approximate surface area is 313 Å². The third-order valence-corrected chi connectivity index (χ3v) is 9.36.